The molecule has 0 aliphatic rings. The Kier molecular flexibility index (Phi) is 3.26. The van der Waals surface area contributed by atoms with Crippen LogP contribution >= 0.6 is 0 Å². The van der Waals surface area contributed by atoms with E-state index in [1.165, 1.54) is 6.33 Å². The van der Waals surface area contributed by atoms with Gasteiger partial charge >= 0.3 is 0 Å². The molecule has 5 heteroatoms. The summed E-state index contributed by atoms with van der Waals surface area (Å²) in [4.78, 5) is 8.14. The Hall–Kier alpha value is -1.75. The van der Waals surface area contributed by atoms with Gasteiger partial charge in [-0.1, -0.05) is 6.07 Å². The van der Waals surface area contributed by atoms with E-state index in [4.69, 9.17) is 0 Å². The molecule has 0 bridgehead atoms. The number of nitrogens with zero attached hydrogens (tertiary/aromatic N) is 4. The Morgan fingerprint density at radius 3 is 2.88 bits per heavy atom. The predicted octanol–water partition coefficient (Wildman–Crippen LogP) is 0.976. The van der Waals surface area contributed by atoms with Crippen molar-refractivity contribution in [3.8, 4) is 5.82 Å². The number of hydrogen-bond acceptors (Lipinski definition) is 4. The van der Waals surface area contributed by atoms with Crippen LogP contribution in [0, 0.1) is 0 Å². The monoisotopic (exact) mass is 218 g/mol. The minimum Gasteiger partial charge on any atom is -0.393 e. The summed E-state index contributed by atoms with van der Waals surface area (Å²) in [5.74, 6) is 0.748. The standard InChI is InChI=1S/C11H14N4O/c1-9(16)2-3-10-4-5-11(13-6-10)15-8-12-7-14-15/h4-9,16H,2-3H2,1H3. The maximum atomic E-state index is 9.18. The van der Waals surface area contributed by atoms with Crippen LogP contribution in [0.5, 0.6) is 0 Å². The molecule has 1 atom stereocenters. The summed E-state index contributed by atoms with van der Waals surface area (Å²) in [6.45, 7) is 1.79. The third-order valence-corrected chi connectivity index (χ3v) is 2.31. The van der Waals surface area contributed by atoms with Gasteiger partial charge in [-0.3, -0.25) is 0 Å². The Labute approximate surface area is 93.8 Å². The molecule has 0 spiro atoms. The van der Waals surface area contributed by atoms with Crippen molar-refractivity contribution in [1.82, 2.24) is 19.7 Å². The van der Waals surface area contributed by atoms with Crippen molar-refractivity contribution in [3.05, 3.63) is 36.5 Å². The van der Waals surface area contributed by atoms with Crippen LogP contribution < -0.4 is 0 Å². The SMILES string of the molecule is CC(O)CCc1ccc(-n2cncn2)nc1. The molecule has 0 fully saturated rings. The molecule has 0 saturated heterocycles. The third-order valence-electron chi connectivity index (χ3n) is 2.31. The van der Waals surface area contributed by atoms with E-state index < -0.39 is 0 Å². The summed E-state index contributed by atoms with van der Waals surface area (Å²) in [5, 5.41) is 13.2. The Morgan fingerprint density at radius 2 is 2.31 bits per heavy atom. The van der Waals surface area contributed by atoms with Gasteiger partial charge in [0.2, 0.25) is 0 Å². The topological polar surface area (TPSA) is 63.8 Å². The maximum Gasteiger partial charge on any atom is 0.155 e. The number of aryl methyl sites for hydroxylation is 1. The smallest absolute Gasteiger partial charge is 0.155 e. The zero-order chi connectivity index (χ0) is 11.4. The highest BCUT2D eigenvalue weighted by atomic mass is 16.3. The number of pyridine rings is 1. The lowest BCUT2D eigenvalue weighted by atomic mass is 10.1. The highest BCUT2D eigenvalue weighted by Gasteiger charge is 2.01. The average Bonchev–Trinajstić information content (AvgIpc) is 2.80. The summed E-state index contributed by atoms with van der Waals surface area (Å²) >= 11 is 0. The Bertz CT molecular complexity index is 422. The van der Waals surface area contributed by atoms with Crippen LogP contribution in [0.15, 0.2) is 31.0 Å². The fourth-order valence-corrected chi connectivity index (χ4v) is 1.40. The highest BCUT2D eigenvalue weighted by Crippen LogP contribution is 2.07. The quantitative estimate of drug-likeness (QED) is 0.830. The molecule has 16 heavy (non-hydrogen) atoms. The van der Waals surface area contributed by atoms with E-state index in [1.807, 2.05) is 12.1 Å². The van der Waals surface area contributed by atoms with Crippen molar-refractivity contribution in [3.63, 3.8) is 0 Å². The van der Waals surface area contributed by atoms with Crippen LogP contribution in [0.1, 0.15) is 18.9 Å². The lowest BCUT2D eigenvalue weighted by molar-refractivity contribution is 0.185. The van der Waals surface area contributed by atoms with Gasteiger partial charge in [0.05, 0.1) is 6.10 Å². The van der Waals surface area contributed by atoms with Gasteiger partial charge in [-0.25, -0.2) is 14.6 Å². The molecule has 0 aliphatic heterocycles. The van der Waals surface area contributed by atoms with E-state index in [0.29, 0.717) is 0 Å². The lowest BCUT2D eigenvalue weighted by Gasteiger charge is -2.04. The molecule has 84 valence electrons. The van der Waals surface area contributed by atoms with Crippen molar-refractivity contribution in [1.29, 1.82) is 0 Å². The molecule has 0 aliphatic carbocycles. The van der Waals surface area contributed by atoms with E-state index in [-0.39, 0.29) is 6.10 Å². The minimum absolute atomic E-state index is 0.269. The normalized spacial score (nSPS) is 12.6. The summed E-state index contributed by atoms with van der Waals surface area (Å²) < 4.78 is 1.61. The van der Waals surface area contributed by atoms with Gasteiger partial charge in [-0.05, 0) is 31.4 Å². The molecule has 2 aromatic rings. The van der Waals surface area contributed by atoms with Crippen molar-refractivity contribution >= 4 is 0 Å². The second-order valence-corrected chi connectivity index (χ2v) is 3.75. The van der Waals surface area contributed by atoms with E-state index >= 15 is 0 Å². The number of hydrogen-bond donors (Lipinski definition) is 1. The molecular weight excluding hydrogens is 204 g/mol. The molecule has 2 aromatic heterocycles. The molecule has 1 unspecified atom stereocenters. The lowest BCUT2D eigenvalue weighted by Crippen LogP contribution is -2.02. The number of aromatic nitrogens is 4. The zero-order valence-corrected chi connectivity index (χ0v) is 9.11. The first-order valence-electron chi connectivity index (χ1n) is 5.23. The summed E-state index contributed by atoms with van der Waals surface area (Å²) in [6, 6.07) is 3.89. The first kappa shape index (κ1) is 10.8. The van der Waals surface area contributed by atoms with Crippen molar-refractivity contribution < 1.29 is 5.11 Å². The highest BCUT2D eigenvalue weighted by molar-refractivity contribution is 5.23. The number of rotatable bonds is 4. The second kappa shape index (κ2) is 4.85. The maximum absolute atomic E-state index is 9.18. The van der Waals surface area contributed by atoms with Crippen LogP contribution in [-0.2, 0) is 6.42 Å². The third kappa shape index (κ3) is 2.64. The fourth-order valence-electron chi connectivity index (χ4n) is 1.40. The largest absolute Gasteiger partial charge is 0.393 e. The number of aliphatic hydroxyl groups excluding tert-OH is 1. The molecule has 0 amide bonds. The van der Waals surface area contributed by atoms with Gasteiger partial charge in [-0.15, -0.1) is 0 Å². The first-order chi connectivity index (χ1) is 7.75. The molecule has 0 radical (unpaired) electrons. The van der Waals surface area contributed by atoms with E-state index in [0.717, 1.165) is 24.2 Å². The van der Waals surface area contributed by atoms with E-state index in [9.17, 15) is 5.11 Å². The summed E-state index contributed by atoms with van der Waals surface area (Å²) in [7, 11) is 0. The second-order valence-electron chi connectivity index (χ2n) is 3.75. The molecule has 2 rings (SSSR count). The van der Waals surface area contributed by atoms with Gasteiger partial charge in [0.25, 0.3) is 0 Å². The van der Waals surface area contributed by atoms with Crippen LogP contribution in [0.25, 0.3) is 5.82 Å². The van der Waals surface area contributed by atoms with Gasteiger partial charge in [0, 0.05) is 6.20 Å². The minimum atomic E-state index is -0.269. The van der Waals surface area contributed by atoms with Gasteiger partial charge in [0.15, 0.2) is 5.82 Å². The van der Waals surface area contributed by atoms with Crippen molar-refractivity contribution in [2.45, 2.75) is 25.9 Å². The predicted molar refractivity (Wildman–Crippen MR) is 59.2 cm³/mol. The molecular formula is C11H14N4O. The van der Waals surface area contributed by atoms with E-state index in [2.05, 4.69) is 15.1 Å². The van der Waals surface area contributed by atoms with Crippen molar-refractivity contribution in [2.24, 2.45) is 0 Å². The van der Waals surface area contributed by atoms with Crippen LogP contribution in [-0.4, -0.2) is 31.0 Å². The molecule has 0 saturated carbocycles. The molecule has 5 nitrogen and oxygen atoms in total. The van der Waals surface area contributed by atoms with Gasteiger partial charge < -0.3 is 5.11 Å². The molecule has 2 heterocycles. The van der Waals surface area contributed by atoms with Gasteiger partial charge in [0.1, 0.15) is 12.7 Å². The zero-order valence-electron chi connectivity index (χ0n) is 9.11. The first-order valence-corrected chi connectivity index (χ1v) is 5.23. The van der Waals surface area contributed by atoms with E-state index in [1.54, 1.807) is 24.1 Å². The van der Waals surface area contributed by atoms with Crippen molar-refractivity contribution in [2.75, 3.05) is 0 Å². The molecule has 1 N–H and O–H groups in total. The Balaban J connectivity index is 2.05. The fraction of sp³-hybridized carbons (Fsp3) is 0.364. The van der Waals surface area contributed by atoms with Crippen LogP contribution in [0.2, 0.25) is 0 Å². The summed E-state index contributed by atoms with van der Waals surface area (Å²) in [5.41, 5.74) is 1.12. The van der Waals surface area contributed by atoms with Crippen LogP contribution in [0.3, 0.4) is 0 Å². The average molecular weight is 218 g/mol. The number of aliphatic hydroxyl groups is 1. The molecule has 0 aromatic carbocycles. The summed E-state index contributed by atoms with van der Waals surface area (Å²) in [6.07, 6.45) is 6.21. The van der Waals surface area contributed by atoms with Crippen LogP contribution in [0.4, 0.5) is 0 Å². The Morgan fingerprint density at radius 1 is 1.44 bits per heavy atom. The van der Waals surface area contributed by atoms with Gasteiger partial charge in [-0.2, -0.15) is 5.10 Å².